The summed E-state index contributed by atoms with van der Waals surface area (Å²) < 4.78 is 13.8. The van der Waals surface area contributed by atoms with Crippen molar-refractivity contribution in [2.75, 3.05) is 6.54 Å². The normalized spacial score (nSPS) is 16.3. The molecule has 3 nitrogen and oxygen atoms in total. The van der Waals surface area contributed by atoms with Crippen LogP contribution in [0.2, 0.25) is 5.02 Å². The second-order valence-corrected chi connectivity index (χ2v) is 5.37. The third kappa shape index (κ3) is 5.04. The van der Waals surface area contributed by atoms with Crippen LogP contribution in [0.1, 0.15) is 30.9 Å². The van der Waals surface area contributed by atoms with Crippen molar-refractivity contribution in [3.8, 4) is 12.3 Å². The maximum Gasteiger partial charge on any atom is 0.189 e. The zero-order valence-electron chi connectivity index (χ0n) is 11.5. The first-order chi connectivity index (χ1) is 9.60. The summed E-state index contributed by atoms with van der Waals surface area (Å²) in [6, 6.07) is 3.71. The highest BCUT2D eigenvalue weighted by atomic mass is 127. The van der Waals surface area contributed by atoms with Gasteiger partial charge in [0.15, 0.2) is 5.96 Å². The van der Waals surface area contributed by atoms with E-state index in [-0.39, 0.29) is 29.9 Å². The molecule has 1 unspecified atom stereocenters. The minimum Gasteiger partial charge on any atom is -0.370 e. The Hall–Kier alpha value is -1.000. The molecule has 1 aromatic carbocycles. The lowest BCUT2D eigenvalue weighted by Gasteiger charge is -2.23. The van der Waals surface area contributed by atoms with E-state index in [9.17, 15) is 4.39 Å². The Morgan fingerprint density at radius 1 is 1.57 bits per heavy atom. The van der Waals surface area contributed by atoms with Crippen molar-refractivity contribution in [1.82, 2.24) is 5.32 Å². The zero-order valence-corrected chi connectivity index (χ0v) is 14.6. The second kappa shape index (κ2) is 8.44. The van der Waals surface area contributed by atoms with Crippen LogP contribution in [-0.2, 0) is 0 Å². The summed E-state index contributed by atoms with van der Waals surface area (Å²) in [4.78, 5) is 4.25. The SMILES string of the molecule is C#CC(NC(N)=NCC1CCC1)c1ccc(Cl)cc1F.I. The van der Waals surface area contributed by atoms with Gasteiger partial charge in [0.1, 0.15) is 11.9 Å². The molecule has 6 heteroatoms. The predicted molar refractivity (Wildman–Crippen MR) is 95.4 cm³/mol. The van der Waals surface area contributed by atoms with Crippen molar-refractivity contribution in [1.29, 1.82) is 0 Å². The highest BCUT2D eigenvalue weighted by Crippen LogP contribution is 2.26. The van der Waals surface area contributed by atoms with Crippen LogP contribution in [0.25, 0.3) is 0 Å². The molecule has 1 aliphatic rings. The Morgan fingerprint density at radius 3 is 2.81 bits per heavy atom. The number of benzene rings is 1. The zero-order chi connectivity index (χ0) is 14.5. The first-order valence-corrected chi connectivity index (χ1v) is 6.95. The lowest BCUT2D eigenvalue weighted by Crippen LogP contribution is -2.35. The maximum atomic E-state index is 13.8. The summed E-state index contributed by atoms with van der Waals surface area (Å²) in [5.74, 6) is 2.87. The van der Waals surface area contributed by atoms with Crippen molar-refractivity contribution in [2.24, 2.45) is 16.6 Å². The van der Waals surface area contributed by atoms with E-state index >= 15 is 0 Å². The van der Waals surface area contributed by atoms with Crippen molar-refractivity contribution in [3.05, 3.63) is 34.6 Å². The maximum absolute atomic E-state index is 13.8. The van der Waals surface area contributed by atoms with E-state index in [4.69, 9.17) is 23.8 Å². The molecule has 21 heavy (non-hydrogen) atoms. The Labute approximate surface area is 146 Å². The minimum absolute atomic E-state index is 0. The van der Waals surface area contributed by atoms with Gasteiger partial charge in [-0.2, -0.15) is 0 Å². The number of aliphatic imine (C=N–C) groups is 1. The second-order valence-electron chi connectivity index (χ2n) is 4.93. The summed E-state index contributed by atoms with van der Waals surface area (Å²) >= 11 is 5.72. The highest BCUT2D eigenvalue weighted by Gasteiger charge is 2.17. The molecule has 1 aliphatic carbocycles. The van der Waals surface area contributed by atoms with Gasteiger partial charge in [-0.3, -0.25) is 4.99 Å². The highest BCUT2D eigenvalue weighted by molar-refractivity contribution is 14.0. The average molecular weight is 422 g/mol. The number of nitrogens with two attached hydrogens (primary N) is 1. The minimum atomic E-state index is -0.655. The van der Waals surface area contributed by atoms with Crippen molar-refractivity contribution < 1.29 is 4.39 Å². The number of hydrogen-bond donors (Lipinski definition) is 2. The summed E-state index contributed by atoms with van der Waals surface area (Å²) in [6.07, 6.45) is 9.08. The number of halogens is 3. The molecule has 1 saturated carbocycles. The molecule has 0 radical (unpaired) electrons. The molecule has 0 saturated heterocycles. The van der Waals surface area contributed by atoms with Crippen LogP contribution >= 0.6 is 35.6 Å². The molecule has 1 fully saturated rings. The Kier molecular flexibility index (Phi) is 7.26. The van der Waals surface area contributed by atoms with Crippen molar-refractivity contribution >= 4 is 41.5 Å². The topological polar surface area (TPSA) is 50.4 Å². The Balaban J connectivity index is 0.00000220. The molecule has 0 spiro atoms. The van der Waals surface area contributed by atoms with Crippen LogP contribution in [0.15, 0.2) is 23.2 Å². The molecular weight excluding hydrogens is 404 g/mol. The summed E-state index contributed by atoms with van der Waals surface area (Å²) in [6.45, 7) is 0.694. The van der Waals surface area contributed by atoms with E-state index in [1.165, 1.54) is 25.3 Å². The number of terminal acetylenes is 1. The van der Waals surface area contributed by atoms with Gasteiger partial charge in [-0.1, -0.05) is 30.0 Å². The largest absolute Gasteiger partial charge is 0.370 e. The van der Waals surface area contributed by atoms with Gasteiger partial charge in [-0.25, -0.2) is 4.39 Å². The van der Waals surface area contributed by atoms with Gasteiger partial charge in [0.2, 0.25) is 0 Å². The molecule has 1 aromatic rings. The molecule has 1 atom stereocenters. The molecule has 0 bridgehead atoms. The van der Waals surface area contributed by atoms with Gasteiger partial charge in [0.05, 0.1) is 0 Å². The van der Waals surface area contributed by atoms with Crippen LogP contribution in [-0.4, -0.2) is 12.5 Å². The number of nitrogens with zero attached hydrogens (tertiary/aromatic N) is 1. The van der Waals surface area contributed by atoms with Crippen molar-refractivity contribution in [3.63, 3.8) is 0 Å². The summed E-state index contributed by atoms with van der Waals surface area (Å²) in [7, 11) is 0. The third-order valence-electron chi connectivity index (χ3n) is 3.48. The van der Waals surface area contributed by atoms with Crippen molar-refractivity contribution in [2.45, 2.75) is 25.3 Å². The van der Waals surface area contributed by atoms with E-state index in [2.05, 4.69) is 16.2 Å². The van der Waals surface area contributed by atoms with E-state index in [0.29, 0.717) is 23.0 Å². The van der Waals surface area contributed by atoms with Crippen LogP contribution in [0.3, 0.4) is 0 Å². The Morgan fingerprint density at radius 2 is 2.29 bits per heavy atom. The van der Waals surface area contributed by atoms with Gasteiger partial charge in [0, 0.05) is 17.1 Å². The smallest absolute Gasteiger partial charge is 0.189 e. The molecule has 0 amide bonds. The predicted octanol–water partition coefficient (Wildman–Crippen LogP) is 3.48. The van der Waals surface area contributed by atoms with Gasteiger partial charge in [-0.15, -0.1) is 30.4 Å². The molecule has 0 heterocycles. The van der Waals surface area contributed by atoms with Gasteiger partial charge in [-0.05, 0) is 30.9 Å². The molecular formula is C15H18ClFIN3. The summed E-state index contributed by atoms with van der Waals surface area (Å²) in [5, 5.41) is 3.18. The van der Waals surface area contributed by atoms with Crippen LogP contribution in [0.4, 0.5) is 4.39 Å². The van der Waals surface area contributed by atoms with E-state index < -0.39 is 11.9 Å². The van der Waals surface area contributed by atoms with Gasteiger partial charge >= 0.3 is 0 Å². The fourth-order valence-electron chi connectivity index (χ4n) is 2.04. The number of guanidine groups is 1. The fourth-order valence-corrected chi connectivity index (χ4v) is 2.20. The van der Waals surface area contributed by atoms with E-state index in [1.807, 2.05) is 0 Å². The molecule has 0 aliphatic heterocycles. The molecule has 2 rings (SSSR count). The van der Waals surface area contributed by atoms with Crippen LogP contribution < -0.4 is 11.1 Å². The number of nitrogens with one attached hydrogen (secondary N) is 1. The first kappa shape index (κ1) is 18.1. The summed E-state index contributed by atoms with van der Waals surface area (Å²) in [5.41, 5.74) is 6.12. The average Bonchev–Trinajstić information content (AvgIpc) is 2.34. The molecule has 0 aromatic heterocycles. The number of rotatable bonds is 4. The van der Waals surface area contributed by atoms with Gasteiger partial charge < -0.3 is 11.1 Å². The number of hydrogen-bond acceptors (Lipinski definition) is 1. The molecule has 3 N–H and O–H groups in total. The molecule has 114 valence electrons. The monoisotopic (exact) mass is 421 g/mol. The standard InChI is InChI=1S/C15H17ClFN3.HI/c1-2-14(12-7-6-11(16)8-13(12)17)20-15(18)19-9-10-4-3-5-10;/h1,6-8,10,14H,3-5,9H2,(H3,18,19,20);1H. The first-order valence-electron chi connectivity index (χ1n) is 6.57. The Bertz CT molecular complexity index is 552. The third-order valence-corrected chi connectivity index (χ3v) is 3.71. The fraction of sp³-hybridized carbons (Fsp3) is 0.400. The van der Waals surface area contributed by atoms with E-state index in [1.54, 1.807) is 12.1 Å². The quantitative estimate of drug-likeness (QED) is 0.338. The lowest BCUT2D eigenvalue weighted by atomic mass is 9.86. The van der Waals surface area contributed by atoms with E-state index in [0.717, 1.165) is 0 Å². The van der Waals surface area contributed by atoms with Crippen LogP contribution in [0.5, 0.6) is 0 Å². The van der Waals surface area contributed by atoms with Gasteiger partial charge in [0.25, 0.3) is 0 Å². The lowest BCUT2D eigenvalue weighted by molar-refractivity contribution is 0.326. The van der Waals surface area contributed by atoms with Crippen LogP contribution in [0, 0.1) is 24.1 Å².